The van der Waals surface area contributed by atoms with Crippen LogP contribution in [0, 0.1) is 0 Å². The average molecular weight is 207 g/mol. The van der Waals surface area contributed by atoms with E-state index in [2.05, 4.69) is 10.1 Å². The van der Waals surface area contributed by atoms with Gasteiger partial charge >= 0.3 is 5.97 Å². The molecule has 0 spiro atoms. The summed E-state index contributed by atoms with van der Waals surface area (Å²) in [5.74, 6) is 0.177. The van der Waals surface area contributed by atoms with Gasteiger partial charge in [-0.1, -0.05) is 6.07 Å². The molecule has 2 rings (SSSR count). The molecule has 0 bridgehead atoms. The van der Waals surface area contributed by atoms with Gasteiger partial charge in [-0.3, -0.25) is 4.79 Å². The fourth-order valence-electron chi connectivity index (χ4n) is 1.86. The molecule has 1 unspecified atom stereocenters. The summed E-state index contributed by atoms with van der Waals surface area (Å²) in [7, 11) is 1.39. The Morgan fingerprint density at radius 1 is 1.67 bits per heavy atom. The summed E-state index contributed by atoms with van der Waals surface area (Å²) in [5.41, 5.74) is 1.97. The van der Waals surface area contributed by atoms with Gasteiger partial charge < -0.3 is 15.2 Å². The van der Waals surface area contributed by atoms with Gasteiger partial charge in [-0.15, -0.1) is 0 Å². The van der Waals surface area contributed by atoms with Crippen molar-refractivity contribution in [3.63, 3.8) is 0 Å². The number of ether oxygens (including phenoxy) is 1. The minimum atomic E-state index is -0.206. The van der Waals surface area contributed by atoms with Crippen LogP contribution in [-0.2, 0) is 9.53 Å². The molecule has 1 aliphatic heterocycles. The van der Waals surface area contributed by atoms with Gasteiger partial charge in [0.1, 0.15) is 5.75 Å². The van der Waals surface area contributed by atoms with Crippen molar-refractivity contribution in [2.24, 2.45) is 0 Å². The Labute approximate surface area is 87.9 Å². The molecule has 0 saturated heterocycles. The second kappa shape index (κ2) is 3.81. The van der Waals surface area contributed by atoms with Crippen LogP contribution in [0.4, 0.5) is 5.69 Å². The van der Waals surface area contributed by atoms with E-state index in [4.69, 9.17) is 0 Å². The topological polar surface area (TPSA) is 58.6 Å². The molecule has 1 heterocycles. The van der Waals surface area contributed by atoms with Gasteiger partial charge in [0, 0.05) is 24.2 Å². The molecular weight excluding hydrogens is 194 g/mol. The highest BCUT2D eigenvalue weighted by molar-refractivity contribution is 5.72. The number of carbonyl (C=O) groups is 1. The highest BCUT2D eigenvalue weighted by Gasteiger charge is 2.24. The highest BCUT2D eigenvalue weighted by Crippen LogP contribution is 2.35. The maximum Gasteiger partial charge on any atom is 0.306 e. The largest absolute Gasteiger partial charge is 0.508 e. The van der Waals surface area contributed by atoms with E-state index >= 15 is 0 Å². The zero-order valence-electron chi connectivity index (χ0n) is 8.49. The molecule has 1 aromatic carbocycles. The van der Waals surface area contributed by atoms with Crippen molar-refractivity contribution >= 4 is 11.7 Å². The lowest BCUT2D eigenvalue weighted by Crippen LogP contribution is -2.10. The molecule has 1 aromatic rings. The van der Waals surface area contributed by atoms with Gasteiger partial charge in [0.25, 0.3) is 0 Å². The number of fused-ring (bicyclic) bond motifs is 1. The molecule has 0 amide bonds. The number of phenols is 1. The average Bonchev–Trinajstić information content (AvgIpc) is 2.60. The second-order valence-corrected chi connectivity index (χ2v) is 3.63. The number of hydrogen-bond acceptors (Lipinski definition) is 4. The Morgan fingerprint density at radius 2 is 2.47 bits per heavy atom. The third kappa shape index (κ3) is 1.88. The molecule has 1 aliphatic rings. The maximum absolute atomic E-state index is 11.1. The van der Waals surface area contributed by atoms with Crippen LogP contribution in [0.5, 0.6) is 5.75 Å². The summed E-state index contributed by atoms with van der Waals surface area (Å²) in [6, 6.07) is 5.15. The van der Waals surface area contributed by atoms with Gasteiger partial charge in [0.05, 0.1) is 13.5 Å². The van der Waals surface area contributed by atoms with Crippen molar-refractivity contribution in [2.45, 2.75) is 12.3 Å². The van der Waals surface area contributed by atoms with E-state index in [0.29, 0.717) is 13.0 Å². The minimum absolute atomic E-state index is 0.146. The third-order valence-electron chi connectivity index (χ3n) is 2.66. The zero-order chi connectivity index (χ0) is 10.8. The van der Waals surface area contributed by atoms with E-state index in [1.165, 1.54) is 7.11 Å². The molecule has 0 aliphatic carbocycles. The van der Waals surface area contributed by atoms with Crippen LogP contribution >= 0.6 is 0 Å². The van der Waals surface area contributed by atoms with Crippen LogP contribution in [0.15, 0.2) is 18.2 Å². The number of aromatic hydroxyl groups is 1. The quantitative estimate of drug-likeness (QED) is 0.721. The molecule has 0 radical (unpaired) electrons. The van der Waals surface area contributed by atoms with Crippen molar-refractivity contribution in [1.29, 1.82) is 0 Å². The van der Waals surface area contributed by atoms with E-state index in [9.17, 15) is 9.90 Å². The van der Waals surface area contributed by atoms with Gasteiger partial charge in [-0.25, -0.2) is 0 Å². The Bertz CT molecular complexity index is 389. The van der Waals surface area contributed by atoms with Crippen molar-refractivity contribution in [3.8, 4) is 5.75 Å². The predicted molar refractivity (Wildman–Crippen MR) is 56.0 cm³/mol. The number of rotatable bonds is 2. The van der Waals surface area contributed by atoms with Gasteiger partial charge in [0.2, 0.25) is 0 Å². The second-order valence-electron chi connectivity index (χ2n) is 3.63. The SMILES string of the molecule is COC(=O)CC1CNc2cc(O)ccc21. The van der Waals surface area contributed by atoms with Crippen LogP contribution in [0.3, 0.4) is 0 Å². The van der Waals surface area contributed by atoms with Crippen LogP contribution in [0.25, 0.3) is 0 Å². The molecule has 4 heteroatoms. The number of carbonyl (C=O) groups excluding carboxylic acids is 1. The first-order valence-corrected chi connectivity index (χ1v) is 4.84. The molecule has 80 valence electrons. The predicted octanol–water partition coefficient (Wildman–Crippen LogP) is 1.46. The van der Waals surface area contributed by atoms with E-state index in [0.717, 1.165) is 11.3 Å². The summed E-state index contributed by atoms with van der Waals surface area (Å²) in [5, 5.41) is 12.4. The van der Waals surface area contributed by atoms with Gasteiger partial charge in [-0.2, -0.15) is 0 Å². The number of benzene rings is 1. The smallest absolute Gasteiger partial charge is 0.306 e. The number of hydrogen-bond donors (Lipinski definition) is 2. The third-order valence-corrected chi connectivity index (χ3v) is 2.66. The van der Waals surface area contributed by atoms with Crippen molar-refractivity contribution in [3.05, 3.63) is 23.8 Å². The Morgan fingerprint density at radius 3 is 3.20 bits per heavy atom. The molecule has 0 saturated carbocycles. The summed E-state index contributed by atoms with van der Waals surface area (Å²) in [6.45, 7) is 0.716. The van der Waals surface area contributed by atoms with Crippen LogP contribution in [0.1, 0.15) is 17.9 Å². The molecule has 1 atom stereocenters. The number of nitrogens with one attached hydrogen (secondary N) is 1. The first-order valence-electron chi connectivity index (χ1n) is 4.84. The molecule has 0 aromatic heterocycles. The summed E-state index contributed by atoms with van der Waals surface area (Å²) >= 11 is 0. The normalized spacial score (nSPS) is 18.1. The van der Waals surface area contributed by atoms with Gasteiger partial charge in [0.15, 0.2) is 0 Å². The molecule has 2 N–H and O–H groups in total. The lowest BCUT2D eigenvalue weighted by molar-refractivity contribution is -0.140. The van der Waals surface area contributed by atoms with Crippen LogP contribution in [-0.4, -0.2) is 24.7 Å². The fourth-order valence-corrected chi connectivity index (χ4v) is 1.86. The summed E-state index contributed by atoms with van der Waals surface area (Å²) in [6.07, 6.45) is 0.376. The van der Waals surface area contributed by atoms with Crippen molar-refractivity contribution in [1.82, 2.24) is 0 Å². The number of methoxy groups -OCH3 is 1. The number of esters is 1. The van der Waals surface area contributed by atoms with Crippen LogP contribution < -0.4 is 5.32 Å². The van der Waals surface area contributed by atoms with E-state index < -0.39 is 0 Å². The van der Waals surface area contributed by atoms with E-state index in [1.54, 1.807) is 12.1 Å². The van der Waals surface area contributed by atoms with E-state index in [-0.39, 0.29) is 17.6 Å². The minimum Gasteiger partial charge on any atom is -0.508 e. The van der Waals surface area contributed by atoms with Crippen LogP contribution in [0.2, 0.25) is 0 Å². The Kier molecular flexibility index (Phi) is 2.49. The summed E-state index contributed by atoms with van der Waals surface area (Å²) in [4.78, 5) is 11.1. The molecule has 4 nitrogen and oxygen atoms in total. The monoisotopic (exact) mass is 207 g/mol. The molecule has 0 fully saturated rings. The molecular formula is C11H13NO3. The maximum atomic E-state index is 11.1. The van der Waals surface area contributed by atoms with Gasteiger partial charge in [-0.05, 0) is 11.6 Å². The lowest BCUT2D eigenvalue weighted by atomic mass is 9.98. The fraction of sp³-hybridized carbons (Fsp3) is 0.364. The first-order chi connectivity index (χ1) is 7.20. The Hall–Kier alpha value is -1.71. The first kappa shape index (κ1) is 9.83. The zero-order valence-corrected chi connectivity index (χ0v) is 8.49. The molecule has 15 heavy (non-hydrogen) atoms. The number of anilines is 1. The summed E-state index contributed by atoms with van der Waals surface area (Å²) < 4.78 is 4.63. The highest BCUT2D eigenvalue weighted by atomic mass is 16.5. The standard InChI is InChI=1S/C11H13NO3/c1-15-11(14)4-7-6-12-10-5-8(13)2-3-9(7)10/h2-3,5,7,12-13H,4,6H2,1H3. The Balaban J connectivity index is 2.18. The van der Waals surface area contributed by atoms with E-state index in [1.807, 2.05) is 6.07 Å². The lowest BCUT2D eigenvalue weighted by Gasteiger charge is -2.07. The van der Waals surface area contributed by atoms with Crippen molar-refractivity contribution in [2.75, 3.05) is 19.0 Å². The number of phenolic OH excluding ortho intramolecular Hbond substituents is 1. The van der Waals surface area contributed by atoms with Crippen molar-refractivity contribution < 1.29 is 14.6 Å².